The van der Waals surface area contributed by atoms with Crippen LogP contribution in [0.15, 0.2) is 29.2 Å². The molecule has 1 atom stereocenters. The second-order valence-electron chi connectivity index (χ2n) is 7.37. The maximum absolute atomic E-state index is 12.7. The van der Waals surface area contributed by atoms with Gasteiger partial charge in [-0.15, -0.1) is 0 Å². The molecule has 6 nitrogen and oxygen atoms in total. The van der Waals surface area contributed by atoms with Crippen LogP contribution in [0.4, 0.5) is 0 Å². The molecular weight excluding hydrogens is 342 g/mol. The Labute approximate surface area is 149 Å². The van der Waals surface area contributed by atoms with E-state index in [-0.39, 0.29) is 11.7 Å². The summed E-state index contributed by atoms with van der Waals surface area (Å²) in [5.74, 6) is 1.39. The quantitative estimate of drug-likeness (QED) is 0.770. The zero-order valence-electron chi connectivity index (χ0n) is 14.5. The van der Waals surface area contributed by atoms with E-state index in [2.05, 4.69) is 0 Å². The molecule has 1 aliphatic carbocycles. The van der Waals surface area contributed by atoms with Crippen LogP contribution in [0, 0.1) is 5.92 Å². The van der Waals surface area contributed by atoms with E-state index in [1.54, 1.807) is 31.4 Å². The third-order valence-electron chi connectivity index (χ3n) is 5.34. The molecule has 1 aromatic carbocycles. The summed E-state index contributed by atoms with van der Waals surface area (Å²) in [6.45, 7) is 2.30. The molecule has 1 spiro atoms. The Morgan fingerprint density at radius 3 is 2.56 bits per heavy atom. The Kier molecular flexibility index (Phi) is 4.52. The summed E-state index contributed by atoms with van der Waals surface area (Å²) in [4.78, 5) is 0.292. The number of methoxy groups -OCH3 is 1. The van der Waals surface area contributed by atoms with Crippen molar-refractivity contribution in [2.45, 2.75) is 42.3 Å². The molecule has 3 aliphatic rings. The van der Waals surface area contributed by atoms with E-state index < -0.39 is 10.0 Å². The lowest BCUT2D eigenvalue weighted by molar-refractivity contribution is -0.179. The Bertz CT molecular complexity index is 707. The van der Waals surface area contributed by atoms with E-state index >= 15 is 0 Å². The van der Waals surface area contributed by atoms with Crippen molar-refractivity contribution >= 4 is 10.0 Å². The van der Waals surface area contributed by atoms with Gasteiger partial charge in [0.1, 0.15) is 5.75 Å². The first-order valence-electron chi connectivity index (χ1n) is 8.91. The monoisotopic (exact) mass is 367 g/mol. The SMILES string of the molecule is COc1ccc(S(=O)(=O)N2CC3(C[C@H](OCC4CC4)CCO3)C2)cc1. The van der Waals surface area contributed by atoms with Gasteiger partial charge in [-0.05, 0) is 49.4 Å². The van der Waals surface area contributed by atoms with Crippen molar-refractivity contribution in [2.24, 2.45) is 5.92 Å². The number of ether oxygens (including phenoxy) is 3. The highest BCUT2D eigenvalue weighted by Crippen LogP contribution is 2.39. The van der Waals surface area contributed by atoms with Crippen molar-refractivity contribution in [3.05, 3.63) is 24.3 Å². The lowest BCUT2D eigenvalue weighted by atomic mass is 9.86. The summed E-state index contributed by atoms with van der Waals surface area (Å²) in [5, 5.41) is 0. The van der Waals surface area contributed by atoms with Gasteiger partial charge >= 0.3 is 0 Å². The van der Waals surface area contributed by atoms with Crippen molar-refractivity contribution in [1.82, 2.24) is 4.31 Å². The highest BCUT2D eigenvalue weighted by molar-refractivity contribution is 7.89. The highest BCUT2D eigenvalue weighted by atomic mass is 32.2. The topological polar surface area (TPSA) is 65.1 Å². The number of sulfonamides is 1. The summed E-state index contributed by atoms with van der Waals surface area (Å²) >= 11 is 0. The van der Waals surface area contributed by atoms with E-state index in [1.807, 2.05) is 0 Å². The largest absolute Gasteiger partial charge is 0.497 e. The maximum atomic E-state index is 12.7. The molecule has 0 radical (unpaired) electrons. The van der Waals surface area contributed by atoms with E-state index in [0.29, 0.717) is 30.3 Å². The highest BCUT2D eigenvalue weighted by Gasteiger charge is 2.52. The van der Waals surface area contributed by atoms with Gasteiger partial charge in [-0.2, -0.15) is 4.31 Å². The average molecular weight is 367 g/mol. The molecule has 25 heavy (non-hydrogen) atoms. The lowest BCUT2D eigenvalue weighted by Gasteiger charge is -2.52. The summed E-state index contributed by atoms with van der Waals surface area (Å²) in [6, 6.07) is 6.51. The molecule has 0 unspecified atom stereocenters. The Morgan fingerprint density at radius 1 is 1.20 bits per heavy atom. The van der Waals surface area contributed by atoms with Crippen LogP contribution < -0.4 is 4.74 Å². The van der Waals surface area contributed by atoms with Gasteiger partial charge in [-0.1, -0.05) is 0 Å². The van der Waals surface area contributed by atoms with Crippen molar-refractivity contribution in [1.29, 1.82) is 0 Å². The van der Waals surface area contributed by atoms with Crippen LogP contribution in [0.1, 0.15) is 25.7 Å². The van der Waals surface area contributed by atoms with Crippen molar-refractivity contribution < 1.29 is 22.6 Å². The molecule has 1 saturated carbocycles. The smallest absolute Gasteiger partial charge is 0.243 e. The van der Waals surface area contributed by atoms with E-state index in [4.69, 9.17) is 14.2 Å². The Balaban J connectivity index is 1.37. The Morgan fingerprint density at radius 2 is 1.92 bits per heavy atom. The molecule has 1 aromatic rings. The number of hydrogen-bond donors (Lipinski definition) is 0. The second kappa shape index (κ2) is 6.54. The van der Waals surface area contributed by atoms with Crippen LogP contribution in [0.2, 0.25) is 0 Å². The van der Waals surface area contributed by atoms with Gasteiger partial charge in [-0.25, -0.2) is 8.42 Å². The van der Waals surface area contributed by atoms with Crippen LogP contribution in [0.3, 0.4) is 0 Å². The van der Waals surface area contributed by atoms with Gasteiger partial charge in [0.05, 0.1) is 23.7 Å². The zero-order chi connectivity index (χ0) is 17.5. The fourth-order valence-corrected chi connectivity index (χ4v) is 5.15. The van der Waals surface area contributed by atoms with Gasteiger partial charge in [0.2, 0.25) is 10.0 Å². The van der Waals surface area contributed by atoms with Crippen LogP contribution in [0.25, 0.3) is 0 Å². The van der Waals surface area contributed by atoms with Crippen molar-refractivity contribution in [3.8, 4) is 5.75 Å². The van der Waals surface area contributed by atoms with Crippen LogP contribution in [-0.4, -0.2) is 57.8 Å². The molecule has 3 fully saturated rings. The third-order valence-corrected chi connectivity index (χ3v) is 7.14. The lowest BCUT2D eigenvalue weighted by Crippen LogP contribution is -2.67. The molecule has 138 valence electrons. The molecule has 4 rings (SSSR count). The van der Waals surface area contributed by atoms with Gasteiger partial charge < -0.3 is 14.2 Å². The van der Waals surface area contributed by atoms with Gasteiger partial charge in [0.15, 0.2) is 0 Å². The zero-order valence-corrected chi connectivity index (χ0v) is 15.3. The fourth-order valence-electron chi connectivity index (χ4n) is 3.57. The number of benzene rings is 1. The predicted molar refractivity (Wildman–Crippen MR) is 92.1 cm³/mol. The number of rotatable bonds is 6. The summed E-state index contributed by atoms with van der Waals surface area (Å²) in [7, 11) is -1.92. The first-order chi connectivity index (χ1) is 12.0. The fraction of sp³-hybridized carbons (Fsp3) is 0.667. The molecule has 0 amide bonds. The molecule has 0 bridgehead atoms. The van der Waals surface area contributed by atoms with Crippen molar-refractivity contribution in [2.75, 3.05) is 33.4 Å². The molecular formula is C18H25NO5S. The minimum absolute atomic E-state index is 0.195. The minimum Gasteiger partial charge on any atom is -0.497 e. The van der Waals surface area contributed by atoms with Gasteiger partial charge in [0, 0.05) is 32.7 Å². The van der Waals surface area contributed by atoms with Crippen LogP contribution in [0.5, 0.6) is 5.75 Å². The summed E-state index contributed by atoms with van der Waals surface area (Å²) in [6.07, 6.45) is 4.44. The second-order valence-corrected chi connectivity index (χ2v) is 9.31. The number of nitrogens with zero attached hydrogens (tertiary/aromatic N) is 1. The van der Waals surface area contributed by atoms with Crippen molar-refractivity contribution in [3.63, 3.8) is 0 Å². The normalized spacial score (nSPS) is 26.4. The van der Waals surface area contributed by atoms with E-state index in [0.717, 1.165) is 25.4 Å². The van der Waals surface area contributed by atoms with Crippen LogP contribution in [-0.2, 0) is 19.5 Å². The Hall–Kier alpha value is -1.15. The molecule has 0 aromatic heterocycles. The molecule has 2 saturated heterocycles. The van der Waals surface area contributed by atoms with E-state index in [9.17, 15) is 8.42 Å². The molecule has 0 N–H and O–H groups in total. The average Bonchev–Trinajstić information content (AvgIpc) is 3.42. The third kappa shape index (κ3) is 3.56. The minimum atomic E-state index is -3.48. The van der Waals surface area contributed by atoms with Gasteiger partial charge in [0.25, 0.3) is 0 Å². The number of hydrogen-bond acceptors (Lipinski definition) is 5. The van der Waals surface area contributed by atoms with Gasteiger partial charge in [-0.3, -0.25) is 0 Å². The predicted octanol–water partition coefficient (Wildman–Crippen LogP) is 2.04. The standard InChI is InChI=1S/C18H25NO5S/c1-22-15-4-6-17(7-5-15)25(20,21)19-12-18(13-19)10-16(8-9-24-18)23-11-14-2-3-14/h4-7,14,16H,2-3,8-13H2,1H3/t16-/m1/s1. The van der Waals surface area contributed by atoms with Crippen LogP contribution >= 0.6 is 0 Å². The first-order valence-corrected chi connectivity index (χ1v) is 10.3. The first kappa shape index (κ1) is 17.3. The maximum Gasteiger partial charge on any atom is 0.243 e. The molecule has 2 heterocycles. The summed E-state index contributed by atoms with van der Waals surface area (Å²) in [5.41, 5.74) is -0.369. The molecule has 7 heteroatoms. The summed E-state index contributed by atoms with van der Waals surface area (Å²) < 4.78 is 44.0. The molecule has 2 aliphatic heterocycles. The van der Waals surface area contributed by atoms with E-state index in [1.165, 1.54) is 17.1 Å².